The van der Waals surface area contributed by atoms with Gasteiger partial charge in [0.1, 0.15) is 0 Å². The second kappa shape index (κ2) is 4.20. The van der Waals surface area contributed by atoms with Crippen LogP contribution in [0.25, 0.3) is 0 Å². The summed E-state index contributed by atoms with van der Waals surface area (Å²) in [6, 6.07) is 0.638. The average molecular weight is 196 g/mol. The van der Waals surface area contributed by atoms with Crippen LogP contribution in [-0.2, 0) is 6.42 Å². The molecule has 1 fully saturated rings. The molecule has 0 spiro atoms. The van der Waals surface area contributed by atoms with E-state index < -0.39 is 0 Å². The second-order valence-corrected chi connectivity index (χ2v) is 4.77. The maximum absolute atomic E-state index is 4.31. The van der Waals surface area contributed by atoms with Crippen molar-refractivity contribution in [3.05, 3.63) is 16.6 Å². The molecule has 1 N–H and O–H groups in total. The SMILES string of the molecule is CNC(Cc1nccs1)CC1CC1. The zero-order chi connectivity index (χ0) is 9.10. The van der Waals surface area contributed by atoms with Crippen LogP contribution in [0.1, 0.15) is 24.3 Å². The zero-order valence-corrected chi connectivity index (χ0v) is 8.81. The van der Waals surface area contributed by atoms with Crippen LogP contribution in [-0.4, -0.2) is 18.1 Å². The van der Waals surface area contributed by atoms with E-state index in [4.69, 9.17) is 0 Å². The van der Waals surface area contributed by atoms with E-state index in [1.165, 1.54) is 24.3 Å². The summed E-state index contributed by atoms with van der Waals surface area (Å²) >= 11 is 1.76. The van der Waals surface area contributed by atoms with Gasteiger partial charge in [0.15, 0.2) is 0 Å². The third-order valence-corrected chi connectivity index (χ3v) is 3.43. The van der Waals surface area contributed by atoms with Crippen LogP contribution < -0.4 is 5.32 Å². The van der Waals surface area contributed by atoms with E-state index in [2.05, 4.69) is 22.7 Å². The van der Waals surface area contributed by atoms with Crippen molar-refractivity contribution in [1.82, 2.24) is 10.3 Å². The van der Waals surface area contributed by atoms with E-state index in [1.807, 2.05) is 6.20 Å². The molecule has 0 amide bonds. The summed E-state index contributed by atoms with van der Waals surface area (Å²) < 4.78 is 0. The van der Waals surface area contributed by atoms with Gasteiger partial charge in [-0.2, -0.15) is 0 Å². The van der Waals surface area contributed by atoms with Crippen molar-refractivity contribution in [1.29, 1.82) is 0 Å². The molecule has 1 unspecified atom stereocenters. The average Bonchev–Trinajstić information content (AvgIpc) is 2.80. The van der Waals surface area contributed by atoms with Crippen LogP contribution >= 0.6 is 11.3 Å². The van der Waals surface area contributed by atoms with Crippen molar-refractivity contribution < 1.29 is 0 Å². The van der Waals surface area contributed by atoms with Gasteiger partial charge in [0.05, 0.1) is 5.01 Å². The molecule has 1 aliphatic rings. The Bertz CT molecular complexity index is 241. The first-order valence-corrected chi connectivity index (χ1v) is 5.82. The Morgan fingerprint density at radius 2 is 2.54 bits per heavy atom. The molecule has 0 bridgehead atoms. The minimum atomic E-state index is 0.638. The number of thiazole rings is 1. The maximum Gasteiger partial charge on any atom is 0.0940 e. The molecule has 0 aliphatic heterocycles. The quantitative estimate of drug-likeness (QED) is 0.780. The van der Waals surface area contributed by atoms with Crippen LogP contribution in [0.3, 0.4) is 0 Å². The molecule has 1 heterocycles. The highest BCUT2D eigenvalue weighted by Gasteiger charge is 2.25. The van der Waals surface area contributed by atoms with Gasteiger partial charge in [0, 0.05) is 24.0 Å². The summed E-state index contributed by atoms with van der Waals surface area (Å²) in [7, 11) is 2.06. The molecule has 1 aliphatic carbocycles. The Morgan fingerprint density at radius 3 is 3.08 bits per heavy atom. The Morgan fingerprint density at radius 1 is 1.69 bits per heavy atom. The first-order valence-electron chi connectivity index (χ1n) is 4.94. The molecule has 0 saturated heterocycles. The number of nitrogens with zero attached hydrogens (tertiary/aromatic N) is 1. The lowest BCUT2D eigenvalue weighted by atomic mass is 10.1. The van der Waals surface area contributed by atoms with Crippen molar-refractivity contribution in [3.8, 4) is 0 Å². The topological polar surface area (TPSA) is 24.9 Å². The van der Waals surface area contributed by atoms with Gasteiger partial charge < -0.3 is 5.32 Å². The van der Waals surface area contributed by atoms with E-state index >= 15 is 0 Å². The van der Waals surface area contributed by atoms with Crippen LogP contribution in [0.4, 0.5) is 0 Å². The number of rotatable bonds is 5. The number of hydrogen-bond acceptors (Lipinski definition) is 3. The molecule has 72 valence electrons. The Kier molecular flexibility index (Phi) is 2.96. The summed E-state index contributed by atoms with van der Waals surface area (Å²) in [6.07, 6.45) is 7.21. The summed E-state index contributed by atoms with van der Waals surface area (Å²) in [4.78, 5) is 4.31. The van der Waals surface area contributed by atoms with Crippen molar-refractivity contribution in [2.45, 2.75) is 31.7 Å². The van der Waals surface area contributed by atoms with Crippen molar-refractivity contribution in [3.63, 3.8) is 0 Å². The van der Waals surface area contributed by atoms with Crippen molar-refractivity contribution in [2.75, 3.05) is 7.05 Å². The van der Waals surface area contributed by atoms with Gasteiger partial charge in [-0.25, -0.2) is 4.98 Å². The smallest absolute Gasteiger partial charge is 0.0940 e. The first-order chi connectivity index (χ1) is 6.38. The van der Waals surface area contributed by atoms with Crippen molar-refractivity contribution >= 4 is 11.3 Å². The predicted molar refractivity (Wildman–Crippen MR) is 56.0 cm³/mol. The van der Waals surface area contributed by atoms with E-state index in [0.29, 0.717) is 6.04 Å². The van der Waals surface area contributed by atoms with Gasteiger partial charge in [-0.1, -0.05) is 12.8 Å². The highest BCUT2D eigenvalue weighted by atomic mass is 32.1. The number of likely N-dealkylation sites (N-methyl/N-ethyl adjacent to an activating group) is 1. The molecule has 2 nitrogen and oxygen atoms in total. The first kappa shape index (κ1) is 9.16. The summed E-state index contributed by atoms with van der Waals surface area (Å²) in [5, 5.41) is 6.70. The van der Waals surface area contributed by atoms with Crippen LogP contribution in [0.5, 0.6) is 0 Å². The molecular weight excluding hydrogens is 180 g/mol. The molecular formula is C10H16N2S. The monoisotopic (exact) mass is 196 g/mol. The lowest BCUT2D eigenvalue weighted by Crippen LogP contribution is -2.27. The minimum Gasteiger partial charge on any atom is -0.317 e. The molecule has 3 heteroatoms. The largest absolute Gasteiger partial charge is 0.317 e. The number of hydrogen-bond donors (Lipinski definition) is 1. The minimum absolute atomic E-state index is 0.638. The molecule has 1 saturated carbocycles. The van der Waals surface area contributed by atoms with Crippen molar-refractivity contribution in [2.24, 2.45) is 5.92 Å². The lowest BCUT2D eigenvalue weighted by molar-refractivity contribution is 0.490. The van der Waals surface area contributed by atoms with E-state index in [1.54, 1.807) is 11.3 Å². The molecule has 0 aromatic carbocycles. The fourth-order valence-corrected chi connectivity index (χ4v) is 2.32. The summed E-state index contributed by atoms with van der Waals surface area (Å²) in [5.41, 5.74) is 0. The van der Waals surface area contributed by atoms with E-state index in [-0.39, 0.29) is 0 Å². The fourth-order valence-electron chi connectivity index (χ4n) is 1.62. The van der Waals surface area contributed by atoms with Gasteiger partial charge in [-0.15, -0.1) is 11.3 Å². The highest BCUT2D eigenvalue weighted by molar-refractivity contribution is 7.09. The number of nitrogens with one attached hydrogen (secondary N) is 1. The summed E-state index contributed by atoms with van der Waals surface area (Å²) in [6.45, 7) is 0. The third-order valence-electron chi connectivity index (χ3n) is 2.63. The van der Waals surface area contributed by atoms with Crippen LogP contribution in [0.2, 0.25) is 0 Å². The summed E-state index contributed by atoms with van der Waals surface area (Å²) in [5.74, 6) is 0.998. The second-order valence-electron chi connectivity index (χ2n) is 3.79. The van der Waals surface area contributed by atoms with E-state index in [9.17, 15) is 0 Å². The molecule has 0 radical (unpaired) electrons. The van der Waals surface area contributed by atoms with Gasteiger partial charge in [0.25, 0.3) is 0 Å². The Labute approximate surface area is 83.4 Å². The molecule has 1 aromatic rings. The van der Waals surface area contributed by atoms with Gasteiger partial charge in [0.2, 0.25) is 0 Å². The number of aromatic nitrogens is 1. The third kappa shape index (κ3) is 2.78. The van der Waals surface area contributed by atoms with Crippen LogP contribution in [0.15, 0.2) is 11.6 Å². The van der Waals surface area contributed by atoms with Gasteiger partial charge >= 0.3 is 0 Å². The normalized spacial score (nSPS) is 18.8. The fraction of sp³-hybridized carbons (Fsp3) is 0.700. The Balaban J connectivity index is 1.82. The lowest BCUT2D eigenvalue weighted by Gasteiger charge is -2.13. The zero-order valence-electron chi connectivity index (χ0n) is 7.99. The standard InChI is InChI=1S/C10H16N2S/c1-11-9(6-8-2-3-8)7-10-12-4-5-13-10/h4-5,8-9,11H,2-3,6-7H2,1H3. The maximum atomic E-state index is 4.31. The molecule has 1 aromatic heterocycles. The molecule has 2 rings (SSSR count). The highest BCUT2D eigenvalue weighted by Crippen LogP contribution is 2.34. The van der Waals surface area contributed by atoms with Gasteiger partial charge in [-0.3, -0.25) is 0 Å². The van der Waals surface area contributed by atoms with E-state index in [0.717, 1.165) is 12.3 Å². The Hall–Kier alpha value is -0.410. The predicted octanol–water partition coefficient (Wildman–Crippen LogP) is 2.07. The molecule has 13 heavy (non-hydrogen) atoms. The molecule has 1 atom stereocenters. The van der Waals surface area contributed by atoms with Crippen LogP contribution in [0, 0.1) is 5.92 Å². The van der Waals surface area contributed by atoms with Gasteiger partial charge in [-0.05, 0) is 19.4 Å².